The summed E-state index contributed by atoms with van der Waals surface area (Å²) in [7, 11) is 0. The minimum atomic E-state index is -0.453. The predicted octanol–water partition coefficient (Wildman–Crippen LogP) is 4.52. The van der Waals surface area contributed by atoms with Crippen molar-refractivity contribution in [2.45, 2.75) is 77.0 Å². The second-order valence-electron chi connectivity index (χ2n) is 8.65. The highest BCUT2D eigenvalue weighted by atomic mass is 16.6. The molecule has 4 heteroatoms. The first-order valence-electron chi connectivity index (χ1n) is 9.65. The maximum absolute atomic E-state index is 12.0. The zero-order valence-electron chi connectivity index (χ0n) is 16.0. The lowest BCUT2D eigenvalue weighted by Crippen LogP contribution is -2.45. The summed E-state index contributed by atoms with van der Waals surface area (Å²) in [4.78, 5) is 12.0. The van der Waals surface area contributed by atoms with Gasteiger partial charge < -0.3 is 15.4 Å². The van der Waals surface area contributed by atoms with E-state index in [-0.39, 0.29) is 6.09 Å². The summed E-state index contributed by atoms with van der Waals surface area (Å²) in [5.74, 6) is 1.30. The van der Waals surface area contributed by atoms with E-state index in [4.69, 9.17) is 4.74 Å². The molecule has 0 bridgehead atoms. The van der Waals surface area contributed by atoms with Gasteiger partial charge in [-0.05, 0) is 69.4 Å². The number of benzene rings is 1. The molecule has 138 valence electrons. The molecule has 0 radical (unpaired) electrons. The first-order valence-corrected chi connectivity index (χ1v) is 9.65. The Bertz CT molecular complexity index is 604. The molecule has 1 fully saturated rings. The van der Waals surface area contributed by atoms with Crippen molar-refractivity contribution in [3.05, 3.63) is 35.4 Å². The number of fused-ring (bicyclic) bond motifs is 1. The van der Waals surface area contributed by atoms with E-state index in [2.05, 4.69) is 41.8 Å². The molecule has 1 aromatic rings. The fourth-order valence-electron chi connectivity index (χ4n) is 3.80. The molecule has 2 aliphatic rings. The molecular weight excluding hydrogens is 312 g/mol. The third kappa shape index (κ3) is 4.97. The third-order valence-corrected chi connectivity index (χ3v) is 5.26. The lowest BCUT2D eigenvalue weighted by Gasteiger charge is -2.33. The van der Waals surface area contributed by atoms with Crippen LogP contribution in [-0.2, 0) is 4.74 Å². The number of ether oxygens (including phenoxy) is 1. The van der Waals surface area contributed by atoms with E-state index < -0.39 is 5.60 Å². The van der Waals surface area contributed by atoms with Gasteiger partial charge in [0.2, 0.25) is 0 Å². The average Bonchev–Trinajstić information content (AvgIpc) is 3.37. The number of carbonyl (C=O) groups is 1. The van der Waals surface area contributed by atoms with Crippen molar-refractivity contribution in [3.63, 3.8) is 0 Å². The number of hydrogen-bond acceptors (Lipinski definition) is 3. The maximum Gasteiger partial charge on any atom is 0.407 e. The monoisotopic (exact) mass is 344 g/mol. The summed E-state index contributed by atoms with van der Waals surface area (Å²) in [6.45, 7) is 8.63. The van der Waals surface area contributed by atoms with E-state index in [1.807, 2.05) is 20.8 Å². The molecule has 0 heterocycles. The summed E-state index contributed by atoms with van der Waals surface area (Å²) in [6.07, 6.45) is 4.55. The van der Waals surface area contributed by atoms with Gasteiger partial charge in [0, 0.05) is 18.6 Å². The SMILES string of the molecule is CC1CCC(NC(CNC(=O)OC(C)(C)C)C2CC2)c2ccccc21. The van der Waals surface area contributed by atoms with E-state index in [0.29, 0.717) is 30.5 Å². The Labute approximate surface area is 151 Å². The van der Waals surface area contributed by atoms with Crippen LogP contribution in [0.1, 0.15) is 76.5 Å². The number of carbonyl (C=O) groups excluding carboxylic acids is 1. The minimum absolute atomic E-state index is 0.319. The lowest BCUT2D eigenvalue weighted by molar-refractivity contribution is 0.0520. The van der Waals surface area contributed by atoms with Gasteiger partial charge in [0.1, 0.15) is 5.60 Å². The molecule has 0 aromatic heterocycles. The molecule has 1 aromatic carbocycles. The van der Waals surface area contributed by atoms with Crippen molar-refractivity contribution in [2.75, 3.05) is 6.54 Å². The van der Waals surface area contributed by atoms with Crippen molar-refractivity contribution in [3.8, 4) is 0 Å². The Morgan fingerprint density at radius 3 is 2.48 bits per heavy atom. The molecule has 3 atom stereocenters. The maximum atomic E-state index is 12.0. The summed E-state index contributed by atoms with van der Waals surface area (Å²) in [5, 5.41) is 6.80. The van der Waals surface area contributed by atoms with Crippen molar-refractivity contribution in [1.29, 1.82) is 0 Å². The zero-order valence-corrected chi connectivity index (χ0v) is 16.0. The number of rotatable bonds is 5. The van der Waals surface area contributed by atoms with Gasteiger partial charge in [-0.1, -0.05) is 31.2 Å². The molecule has 25 heavy (non-hydrogen) atoms. The van der Waals surface area contributed by atoms with Crippen LogP contribution in [0, 0.1) is 5.92 Å². The molecule has 3 unspecified atom stereocenters. The molecule has 1 amide bonds. The molecule has 3 rings (SSSR count). The van der Waals surface area contributed by atoms with E-state index in [0.717, 1.165) is 6.42 Å². The molecule has 1 saturated carbocycles. The second-order valence-corrected chi connectivity index (χ2v) is 8.65. The van der Waals surface area contributed by atoms with Gasteiger partial charge >= 0.3 is 6.09 Å². The highest BCUT2D eigenvalue weighted by molar-refractivity contribution is 5.67. The van der Waals surface area contributed by atoms with Gasteiger partial charge in [0.05, 0.1) is 0 Å². The number of hydrogen-bond donors (Lipinski definition) is 2. The summed E-state index contributed by atoms with van der Waals surface area (Å²) < 4.78 is 5.37. The molecule has 2 N–H and O–H groups in total. The summed E-state index contributed by atoms with van der Waals surface area (Å²) in [6, 6.07) is 9.50. The fourth-order valence-corrected chi connectivity index (χ4v) is 3.80. The second kappa shape index (κ2) is 7.36. The Kier molecular flexibility index (Phi) is 5.38. The van der Waals surface area contributed by atoms with Gasteiger partial charge in [0.25, 0.3) is 0 Å². The van der Waals surface area contributed by atoms with Crippen molar-refractivity contribution in [2.24, 2.45) is 5.92 Å². The van der Waals surface area contributed by atoms with Crippen LogP contribution >= 0.6 is 0 Å². The van der Waals surface area contributed by atoms with Gasteiger partial charge in [-0.25, -0.2) is 4.79 Å². The topological polar surface area (TPSA) is 50.4 Å². The zero-order chi connectivity index (χ0) is 18.0. The Hall–Kier alpha value is -1.55. The number of amides is 1. The first-order chi connectivity index (χ1) is 11.8. The number of nitrogens with one attached hydrogen (secondary N) is 2. The van der Waals surface area contributed by atoms with Gasteiger partial charge in [-0.2, -0.15) is 0 Å². The van der Waals surface area contributed by atoms with Gasteiger partial charge in [-0.15, -0.1) is 0 Å². The van der Waals surface area contributed by atoms with Crippen molar-refractivity contribution < 1.29 is 9.53 Å². The van der Waals surface area contributed by atoms with Crippen molar-refractivity contribution >= 4 is 6.09 Å². The van der Waals surface area contributed by atoms with E-state index in [1.54, 1.807) is 0 Å². The van der Waals surface area contributed by atoms with Crippen LogP contribution in [0.2, 0.25) is 0 Å². The molecular formula is C21H32N2O2. The molecule has 0 aliphatic heterocycles. The predicted molar refractivity (Wildman–Crippen MR) is 101 cm³/mol. The fraction of sp³-hybridized carbons (Fsp3) is 0.667. The van der Waals surface area contributed by atoms with Crippen molar-refractivity contribution in [1.82, 2.24) is 10.6 Å². The Morgan fingerprint density at radius 1 is 1.16 bits per heavy atom. The number of alkyl carbamates (subject to hydrolysis) is 1. The van der Waals surface area contributed by atoms with Gasteiger partial charge in [0.15, 0.2) is 0 Å². The standard InChI is InChI=1S/C21H32N2O2/c1-14-9-12-18(17-8-6-5-7-16(14)17)23-19(15-10-11-15)13-22-20(24)25-21(2,3)4/h5-8,14-15,18-19,23H,9-13H2,1-4H3,(H,22,24). The summed E-state index contributed by atoms with van der Waals surface area (Å²) in [5.41, 5.74) is 2.45. The van der Waals surface area contributed by atoms with Crippen LogP contribution in [0.4, 0.5) is 4.79 Å². The van der Waals surface area contributed by atoms with Crippen LogP contribution in [0.3, 0.4) is 0 Å². The highest BCUT2D eigenvalue weighted by Gasteiger charge is 2.35. The van der Waals surface area contributed by atoms with Crippen LogP contribution in [0.15, 0.2) is 24.3 Å². The van der Waals surface area contributed by atoms with E-state index in [9.17, 15) is 4.79 Å². The molecule has 0 saturated heterocycles. The molecule has 2 aliphatic carbocycles. The minimum Gasteiger partial charge on any atom is -0.444 e. The first kappa shape index (κ1) is 18.2. The van der Waals surface area contributed by atoms with E-state index >= 15 is 0 Å². The van der Waals surface area contributed by atoms with Gasteiger partial charge in [-0.3, -0.25) is 0 Å². The average molecular weight is 344 g/mol. The highest BCUT2D eigenvalue weighted by Crippen LogP contribution is 2.39. The largest absolute Gasteiger partial charge is 0.444 e. The Morgan fingerprint density at radius 2 is 1.84 bits per heavy atom. The normalized spacial score (nSPS) is 24.3. The smallest absolute Gasteiger partial charge is 0.407 e. The van der Waals surface area contributed by atoms with Crippen LogP contribution in [0.5, 0.6) is 0 Å². The van der Waals surface area contributed by atoms with E-state index in [1.165, 1.54) is 30.4 Å². The molecule has 4 nitrogen and oxygen atoms in total. The van der Waals surface area contributed by atoms with Crippen LogP contribution in [-0.4, -0.2) is 24.3 Å². The van der Waals surface area contributed by atoms with Crippen LogP contribution < -0.4 is 10.6 Å². The Balaban J connectivity index is 1.61. The molecule has 0 spiro atoms. The lowest BCUT2D eigenvalue weighted by atomic mass is 9.80. The van der Waals surface area contributed by atoms with Crippen LogP contribution in [0.25, 0.3) is 0 Å². The quantitative estimate of drug-likeness (QED) is 0.826. The summed E-state index contributed by atoms with van der Waals surface area (Å²) >= 11 is 0. The third-order valence-electron chi connectivity index (χ3n) is 5.26.